The van der Waals surface area contributed by atoms with Gasteiger partial charge < -0.3 is 10.0 Å². The molecule has 1 aliphatic heterocycles. The van der Waals surface area contributed by atoms with E-state index in [9.17, 15) is 22.0 Å². The molecule has 132 valence electrons. The summed E-state index contributed by atoms with van der Waals surface area (Å²) >= 11 is 0. The second-order valence-corrected chi connectivity index (χ2v) is 8.24. The van der Waals surface area contributed by atoms with Crippen molar-refractivity contribution in [1.29, 1.82) is 0 Å². The van der Waals surface area contributed by atoms with Gasteiger partial charge in [-0.15, -0.1) is 0 Å². The van der Waals surface area contributed by atoms with Crippen LogP contribution in [0.15, 0.2) is 5.16 Å². The molecule has 0 bridgehead atoms. The van der Waals surface area contributed by atoms with Gasteiger partial charge in [0.1, 0.15) is 11.5 Å². The third-order valence-corrected chi connectivity index (χ3v) is 5.23. The summed E-state index contributed by atoms with van der Waals surface area (Å²) in [4.78, 5) is 20.2. The van der Waals surface area contributed by atoms with Crippen LogP contribution in [0.4, 0.5) is 14.6 Å². The molecule has 1 aliphatic carbocycles. The van der Waals surface area contributed by atoms with Gasteiger partial charge in [-0.1, -0.05) is 0 Å². The van der Waals surface area contributed by atoms with E-state index in [0.29, 0.717) is 19.5 Å². The van der Waals surface area contributed by atoms with Crippen molar-refractivity contribution in [2.45, 2.75) is 36.8 Å². The molecule has 0 spiro atoms. The summed E-state index contributed by atoms with van der Waals surface area (Å²) in [5, 5.41) is 8.27. The van der Waals surface area contributed by atoms with Crippen LogP contribution in [0.25, 0.3) is 0 Å². The molecule has 2 heterocycles. The molecule has 0 unspecified atom stereocenters. The maximum Gasteiger partial charge on any atom is 0.303 e. The SMILES string of the molecule is CS(=O)(=O)c1nc(N2CC[C@H](CC(=O)O)C2)c2c(n1)C(F)(F)CC2. The summed E-state index contributed by atoms with van der Waals surface area (Å²) in [6.07, 6.45) is 1.10. The first-order chi connectivity index (χ1) is 11.1. The van der Waals surface area contributed by atoms with Crippen molar-refractivity contribution < 1.29 is 27.1 Å². The van der Waals surface area contributed by atoms with Crippen LogP contribution < -0.4 is 4.90 Å². The lowest BCUT2D eigenvalue weighted by atomic mass is 10.1. The van der Waals surface area contributed by atoms with Gasteiger partial charge in [-0.05, 0) is 18.8 Å². The zero-order chi connectivity index (χ0) is 17.7. The largest absolute Gasteiger partial charge is 0.481 e. The van der Waals surface area contributed by atoms with Crippen molar-refractivity contribution in [3.63, 3.8) is 0 Å². The Bertz CT molecular complexity index is 797. The third kappa shape index (κ3) is 3.06. The number of fused-ring (bicyclic) bond motifs is 1. The van der Waals surface area contributed by atoms with Crippen molar-refractivity contribution in [2.24, 2.45) is 5.92 Å². The van der Waals surface area contributed by atoms with Crippen LogP contribution in [0, 0.1) is 5.92 Å². The lowest BCUT2D eigenvalue weighted by Gasteiger charge is -2.21. The van der Waals surface area contributed by atoms with E-state index in [-0.39, 0.29) is 30.1 Å². The molecule has 1 atom stereocenters. The van der Waals surface area contributed by atoms with Crippen molar-refractivity contribution >= 4 is 21.6 Å². The summed E-state index contributed by atoms with van der Waals surface area (Å²) in [5.74, 6) is -4.01. The van der Waals surface area contributed by atoms with Gasteiger partial charge in [-0.3, -0.25) is 4.79 Å². The van der Waals surface area contributed by atoms with E-state index in [1.54, 1.807) is 4.90 Å². The number of carbonyl (C=O) groups is 1. The number of halogens is 2. The first kappa shape index (κ1) is 17.0. The van der Waals surface area contributed by atoms with E-state index in [4.69, 9.17) is 5.11 Å². The minimum Gasteiger partial charge on any atom is -0.481 e. The zero-order valence-electron chi connectivity index (χ0n) is 13.0. The van der Waals surface area contributed by atoms with Crippen molar-refractivity contribution in [2.75, 3.05) is 24.2 Å². The van der Waals surface area contributed by atoms with E-state index in [0.717, 1.165) is 6.26 Å². The van der Waals surface area contributed by atoms with E-state index in [2.05, 4.69) is 9.97 Å². The van der Waals surface area contributed by atoms with E-state index >= 15 is 0 Å². The van der Waals surface area contributed by atoms with E-state index < -0.39 is 39.0 Å². The monoisotopic (exact) mass is 361 g/mol. The quantitative estimate of drug-likeness (QED) is 0.805. The fraction of sp³-hybridized carbons (Fsp3) is 0.643. The first-order valence-corrected chi connectivity index (χ1v) is 9.43. The number of hydrogen-bond donors (Lipinski definition) is 1. The van der Waals surface area contributed by atoms with Gasteiger partial charge in [0.15, 0.2) is 0 Å². The second kappa shape index (κ2) is 5.61. The molecule has 0 saturated carbocycles. The molecule has 7 nitrogen and oxygen atoms in total. The summed E-state index contributed by atoms with van der Waals surface area (Å²) < 4.78 is 51.6. The summed E-state index contributed by atoms with van der Waals surface area (Å²) in [7, 11) is -3.84. The summed E-state index contributed by atoms with van der Waals surface area (Å²) in [6.45, 7) is 0.806. The van der Waals surface area contributed by atoms with Crippen LogP contribution in [0.2, 0.25) is 0 Å². The van der Waals surface area contributed by atoms with Crippen LogP contribution in [0.5, 0.6) is 0 Å². The molecule has 24 heavy (non-hydrogen) atoms. The molecule has 0 aromatic carbocycles. The molecule has 2 aliphatic rings. The van der Waals surface area contributed by atoms with Crippen molar-refractivity contribution in [1.82, 2.24) is 9.97 Å². The van der Waals surface area contributed by atoms with E-state index in [1.165, 1.54) is 0 Å². The van der Waals surface area contributed by atoms with Crippen LogP contribution in [0.3, 0.4) is 0 Å². The fourth-order valence-electron chi connectivity index (χ4n) is 3.25. The Balaban J connectivity index is 2.02. The number of alkyl halides is 2. The lowest BCUT2D eigenvalue weighted by molar-refractivity contribution is -0.137. The lowest BCUT2D eigenvalue weighted by Crippen LogP contribution is -2.25. The van der Waals surface area contributed by atoms with Gasteiger partial charge in [0, 0.05) is 37.8 Å². The number of aliphatic carboxylic acids is 1. The van der Waals surface area contributed by atoms with Gasteiger partial charge in [-0.2, -0.15) is 8.78 Å². The molecule has 1 N–H and O–H groups in total. The molecule has 0 radical (unpaired) electrons. The van der Waals surface area contributed by atoms with Gasteiger partial charge >= 0.3 is 5.97 Å². The number of carboxylic acid groups (broad SMARTS) is 1. The van der Waals surface area contributed by atoms with Crippen molar-refractivity contribution in [3.05, 3.63) is 11.3 Å². The minimum atomic E-state index is -3.84. The Hall–Kier alpha value is -1.84. The Morgan fingerprint density at radius 1 is 1.42 bits per heavy atom. The average molecular weight is 361 g/mol. The Morgan fingerprint density at radius 2 is 2.12 bits per heavy atom. The number of anilines is 1. The maximum atomic E-state index is 14.0. The predicted molar refractivity (Wildman–Crippen MR) is 79.9 cm³/mol. The highest BCUT2D eigenvalue weighted by molar-refractivity contribution is 7.90. The molecule has 10 heteroatoms. The number of nitrogens with zero attached hydrogens (tertiary/aromatic N) is 3. The molecule has 3 rings (SSSR count). The van der Waals surface area contributed by atoms with Gasteiger partial charge in [0.2, 0.25) is 15.0 Å². The van der Waals surface area contributed by atoms with Crippen molar-refractivity contribution in [3.8, 4) is 0 Å². The summed E-state index contributed by atoms with van der Waals surface area (Å²) in [5.41, 5.74) is -0.252. The molecule has 1 saturated heterocycles. The standard InChI is InChI=1S/C14H17F2N3O4S/c1-24(22,23)13-17-11-9(2-4-14(11,15)16)12(18-13)19-5-3-8(7-19)6-10(20)21/h8H,2-7H2,1H3,(H,20,21)/t8-/m1/s1. The molecule has 1 aromatic rings. The Morgan fingerprint density at radius 3 is 2.75 bits per heavy atom. The highest BCUT2D eigenvalue weighted by Crippen LogP contribution is 2.44. The normalized spacial score (nSPS) is 22.6. The number of rotatable bonds is 4. The summed E-state index contributed by atoms with van der Waals surface area (Å²) in [6, 6.07) is 0. The maximum absolute atomic E-state index is 14.0. The fourth-order valence-corrected chi connectivity index (χ4v) is 3.76. The molecule has 1 fully saturated rings. The number of sulfone groups is 1. The highest BCUT2D eigenvalue weighted by Gasteiger charge is 2.45. The van der Waals surface area contributed by atoms with Crippen LogP contribution >= 0.6 is 0 Å². The second-order valence-electron chi connectivity index (χ2n) is 6.33. The molecule has 0 amide bonds. The third-order valence-electron chi connectivity index (χ3n) is 4.38. The smallest absolute Gasteiger partial charge is 0.303 e. The predicted octanol–water partition coefficient (Wildman–Crippen LogP) is 1.22. The molecular formula is C14H17F2N3O4S. The van der Waals surface area contributed by atoms with Gasteiger partial charge in [0.05, 0.1) is 0 Å². The number of hydrogen-bond acceptors (Lipinski definition) is 6. The molecular weight excluding hydrogens is 344 g/mol. The Labute approximate surface area is 137 Å². The van der Waals surface area contributed by atoms with Crippen LogP contribution in [-0.4, -0.2) is 48.8 Å². The Kier molecular flexibility index (Phi) is 3.97. The number of carboxylic acids is 1. The minimum absolute atomic E-state index is 0.0150. The van der Waals surface area contributed by atoms with E-state index in [1.807, 2.05) is 0 Å². The van der Waals surface area contributed by atoms with Crippen LogP contribution in [0.1, 0.15) is 30.5 Å². The van der Waals surface area contributed by atoms with Gasteiger partial charge in [0.25, 0.3) is 5.92 Å². The average Bonchev–Trinajstić information content (AvgIpc) is 3.02. The topological polar surface area (TPSA) is 100 Å². The van der Waals surface area contributed by atoms with Crippen LogP contribution in [-0.2, 0) is 27.0 Å². The number of aromatic nitrogens is 2. The first-order valence-electron chi connectivity index (χ1n) is 7.54. The highest BCUT2D eigenvalue weighted by atomic mass is 32.2. The molecule has 1 aromatic heterocycles. The zero-order valence-corrected chi connectivity index (χ0v) is 13.8. The van der Waals surface area contributed by atoms with Gasteiger partial charge in [-0.25, -0.2) is 18.4 Å².